The molecule has 1 aliphatic rings. The van der Waals surface area contributed by atoms with Gasteiger partial charge in [-0.15, -0.1) is 0 Å². The second-order valence-corrected chi connectivity index (χ2v) is 7.69. The molecule has 0 bridgehead atoms. The first kappa shape index (κ1) is 14.0. The summed E-state index contributed by atoms with van der Waals surface area (Å²) in [6.07, 6.45) is 1.14. The number of halogens is 1. The largest absolute Gasteiger partial charge is 0.393 e. The fraction of sp³-hybridized carbons (Fsp3) is 0.500. The van der Waals surface area contributed by atoms with E-state index in [-0.39, 0.29) is 12.0 Å². The Morgan fingerprint density at radius 3 is 2.39 bits per heavy atom. The fourth-order valence-corrected chi connectivity index (χ4v) is 3.61. The van der Waals surface area contributed by atoms with E-state index >= 15 is 0 Å². The molecule has 18 heavy (non-hydrogen) atoms. The molecule has 1 fully saturated rings. The van der Waals surface area contributed by atoms with Gasteiger partial charge < -0.3 is 5.11 Å². The SMILES string of the molecule is CN(CC1CC(O)C1)S(=O)(=O)c1ccc(Br)cc1. The Morgan fingerprint density at radius 1 is 1.33 bits per heavy atom. The van der Waals surface area contributed by atoms with Crippen molar-refractivity contribution in [3.05, 3.63) is 28.7 Å². The monoisotopic (exact) mass is 333 g/mol. The Labute approximate surface area is 116 Å². The molecule has 0 spiro atoms. The molecule has 1 N–H and O–H groups in total. The zero-order chi connectivity index (χ0) is 13.3. The normalized spacial score (nSPS) is 24.0. The van der Waals surface area contributed by atoms with Gasteiger partial charge in [-0.1, -0.05) is 15.9 Å². The number of aliphatic hydroxyl groups excluding tert-OH is 1. The lowest BCUT2D eigenvalue weighted by Crippen LogP contribution is -2.39. The summed E-state index contributed by atoms with van der Waals surface area (Å²) in [6, 6.07) is 6.61. The molecule has 0 amide bonds. The quantitative estimate of drug-likeness (QED) is 0.914. The standard InChI is InChI=1S/C12H16BrNO3S/c1-14(8-9-6-11(15)7-9)18(16,17)12-4-2-10(13)3-5-12/h2-5,9,11,15H,6-8H2,1H3. The van der Waals surface area contributed by atoms with Crippen molar-refractivity contribution in [2.24, 2.45) is 5.92 Å². The average molecular weight is 334 g/mol. The van der Waals surface area contributed by atoms with Crippen LogP contribution in [0, 0.1) is 5.92 Å². The van der Waals surface area contributed by atoms with E-state index in [1.54, 1.807) is 31.3 Å². The van der Waals surface area contributed by atoms with E-state index in [1.807, 2.05) is 0 Å². The van der Waals surface area contributed by atoms with Gasteiger partial charge in [-0.3, -0.25) is 0 Å². The first-order valence-electron chi connectivity index (χ1n) is 5.79. The molecule has 2 rings (SSSR count). The molecule has 0 saturated heterocycles. The van der Waals surface area contributed by atoms with Crippen LogP contribution in [-0.2, 0) is 10.0 Å². The van der Waals surface area contributed by atoms with Crippen LogP contribution < -0.4 is 0 Å². The highest BCUT2D eigenvalue weighted by Gasteiger charge is 2.31. The zero-order valence-corrected chi connectivity index (χ0v) is 12.5. The van der Waals surface area contributed by atoms with Crippen molar-refractivity contribution in [2.75, 3.05) is 13.6 Å². The summed E-state index contributed by atoms with van der Waals surface area (Å²) in [5, 5.41) is 9.21. The highest BCUT2D eigenvalue weighted by molar-refractivity contribution is 9.10. The minimum atomic E-state index is -3.41. The van der Waals surface area contributed by atoms with Gasteiger partial charge in [-0.25, -0.2) is 12.7 Å². The molecule has 1 aromatic rings. The topological polar surface area (TPSA) is 57.6 Å². The molecule has 4 nitrogen and oxygen atoms in total. The molecule has 0 heterocycles. The van der Waals surface area contributed by atoms with Gasteiger partial charge in [0.25, 0.3) is 0 Å². The van der Waals surface area contributed by atoms with Crippen molar-refractivity contribution >= 4 is 26.0 Å². The molecule has 0 aromatic heterocycles. The maximum absolute atomic E-state index is 12.2. The number of sulfonamides is 1. The second-order valence-electron chi connectivity index (χ2n) is 4.73. The van der Waals surface area contributed by atoms with Crippen LogP contribution in [0.3, 0.4) is 0 Å². The highest BCUT2D eigenvalue weighted by Crippen LogP contribution is 2.29. The predicted molar refractivity (Wildman–Crippen MR) is 72.7 cm³/mol. The maximum Gasteiger partial charge on any atom is 0.242 e. The third kappa shape index (κ3) is 2.93. The number of aliphatic hydroxyl groups is 1. The molecular formula is C12H16BrNO3S. The van der Waals surface area contributed by atoms with Gasteiger partial charge in [-0.2, -0.15) is 0 Å². The first-order chi connectivity index (χ1) is 8.39. The van der Waals surface area contributed by atoms with Gasteiger partial charge in [0, 0.05) is 18.1 Å². The lowest BCUT2D eigenvalue weighted by molar-refractivity contribution is 0.0367. The van der Waals surface area contributed by atoms with Crippen molar-refractivity contribution in [1.29, 1.82) is 0 Å². The van der Waals surface area contributed by atoms with E-state index in [4.69, 9.17) is 0 Å². The summed E-state index contributed by atoms with van der Waals surface area (Å²) >= 11 is 3.28. The van der Waals surface area contributed by atoms with Crippen LogP contribution in [0.5, 0.6) is 0 Å². The lowest BCUT2D eigenvalue weighted by atomic mass is 9.82. The van der Waals surface area contributed by atoms with Gasteiger partial charge in [-0.05, 0) is 43.0 Å². The Hall–Kier alpha value is -0.430. The van der Waals surface area contributed by atoms with Gasteiger partial charge in [0.2, 0.25) is 10.0 Å². The van der Waals surface area contributed by atoms with Gasteiger partial charge in [0.15, 0.2) is 0 Å². The summed E-state index contributed by atoms with van der Waals surface area (Å²) in [4.78, 5) is 0.299. The molecule has 0 atom stereocenters. The van der Waals surface area contributed by atoms with E-state index in [0.29, 0.717) is 24.3 Å². The van der Waals surface area contributed by atoms with E-state index < -0.39 is 10.0 Å². The summed E-state index contributed by atoms with van der Waals surface area (Å²) in [6.45, 7) is 0.468. The fourth-order valence-electron chi connectivity index (χ4n) is 2.10. The zero-order valence-electron chi connectivity index (χ0n) is 10.1. The predicted octanol–water partition coefficient (Wildman–Crippen LogP) is 1.84. The van der Waals surface area contributed by atoms with Crippen LogP contribution >= 0.6 is 15.9 Å². The first-order valence-corrected chi connectivity index (χ1v) is 8.03. The Kier molecular flexibility index (Phi) is 4.11. The number of rotatable bonds is 4. The van der Waals surface area contributed by atoms with Crippen LogP contribution in [0.15, 0.2) is 33.6 Å². The summed E-state index contributed by atoms with van der Waals surface area (Å²) < 4.78 is 26.7. The average Bonchev–Trinajstić information content (AvgIpc) is 2.27. The highest BCUT2D eigenvalue weighted by atomic mass is 79.9. The van der Waals surface area contributed by atoms with Crippen molar-refractivity contribution in [2.45, 2.75) is 23.8 Å². The summed E-state index contributed by atoms with van der Waals surface area (Å²) in [5.41, 5.74) is 0. The Morgan fingerprint density at radius 2 is 1.89 bits per heavy atom. The van der Waals surface area contributed by atoms with Crippen LogP contribution in [-0.4, -0.2) is 37.5 Å². The van der Waals surface area contributed by atoms with E-state index in [9.17, 15) is 13.5 Å². The van der Waals surface area contributed by atoms with E-state index in [1.165, 1.54) is 4.31 Å². The number of nitrogens with zero attached hydrogens (tertiary/aromatic N) is 1. The van der Waals surface area contributed by atoms with E-state index in [0.717, 1.165) is 4.47 Å². The third-order valence-corrected chi connectivity index (χ3v) is 5.61. The van der Waals surface area contributed by atoms with Crippen LogP contribution in [0.2, 0.25) is 0 Å². The maximum atomic E-state index is 12.2. The smallest absolute Gasteiger partial charge is 0.242 e. The van der Waals surface area contributed by atoms with Crippen molar-refractivity contribution in [3.8, 4) is 0 Å². The molecule has 100 valence electrons. The number of benzene rings is 1. The van der Waals surface area contributed by atoms with Crippen LogP contribution in [0.1, 0.15) is 12.8 Å². The van der Waals surface area contributed by atoms with Gasteiger partial charge in [0.05, 0.1) is 11.0 Å². The number of hydrogen-bond donors (Lipinski definition) is 1. The van der Waals surface area contributed by atoms with Crippen LogP contribution in [0.4, 0.5) is 0 Å². The molecule has 0 radical (unpaired) electrons. The third-order valence-electron chi connectivity index (χ3n) is 3.25. The van der Waals surface area contributed by atoms with Crippen molar-refractivity contribution in [3.63, 3.8) is 0 Å². The summed E-state index contributed by atoms with van der Waals surface area (Å²) in [7, 11) is -1.83. The van der Waals surface area contributed by atoms with E-state index in [2.05, 4.69) is 15.9 Å². The Bertz CT molecular complexity index is 509. The van der Waals surface area contributed by atoms with Crippen molar-refractivity contribution < 1.29 is 13.5 Å². The van der Waals surface area contributed by atoms with Crippen molar-refractivity contribution in [1.82, 2.24) is 4.31 Å². The molecule has 1 aliphatic carbocycles. The number of hydrogen-bond acceptors (Lipinski definition) is 3. The second kappa shape index (κ2) is 5.28. The van der Waals surface area contributed by atoms with Gasteiger partial charge >= 0.3 is 0 Å². The van der Waals surface area contributed by atoms with Crippen LogP contribution in [0.25, 0.3) is 0 Å². The molecule has 6 heteroatoms. The minimum absolute atomic E-state index is 0.251. The Balaban J connectivity index is 2.08. The van der Waals surface area contributed by atoms with Gasteiger partial charge in [0.1, 0.15) is 0 Å². The molecule has 1 saturated carbocycles. The molecule has 0 aliphatic heterocycles. The molecule has 1 aromatic carbocycles. The molecular weight excluding hydrogens is 318 g/mol. The molecule has 0 unspecified atom stereocenters. The summed E-state index contributed by atoms with van der Waals surface area (Å²) in [5.74, 6) is 0.273. The minimum Gasteiger partial charge on any atom is -0.393 e. The lowest BCUT2D eigenvalue weighted by Gasteiger charge is -2.34.